The Morgan fingerprint density at radius 1 is 0.280 bits per heavy atom. The number of fused-ring (bicyclic) bond motifs is 1. The molecule has 0 heteroatoms. The van der Waals surface area contributed by atoms with E-state index in [-0.39, 0.29) is 0 Å². The van der Waals surface area contributed by atoms with Gasteiger partial charge in [-0.1, -0.05) is 269 Å². The summed E-state index contributed by atoms with van der Waals surface area (Å²) >= 11 is 0. The quantitative estimate of drug-likeness (QED) is 0.0616. The van der Waals surface area contributed by atoms with Crippen LogP contribution in [0.1, 0.15) is 256 Å². The van der Waals surface area contributed by atoms with E-state index < -0.39 is 0 Å². The van der Waals surface area contributed by atoms with Crippen LogP contribution in [-0.4, -0.2) is 0 Å². The average Bonchev–Trinajstić information content (AvgIpc) is 3.14. The van der Waals surface area contributed by atoms with E-state index in [2.05, 4.69) is 50.2 Å². The van der Waals surface area contributed by atoms with Crippen LogP contribution in [0.3, 0.4) is 0 Å². The SMILES string of the molecule is CCCCCCCCCCCCCCCCCCCCc1ccc2ccccc2c1CCCCCCCCCCCCCCCCCCCC. The monoisotopic (exact) mass is 689 g/mol. The maximum atomic E-state index is 2.47. The van der Waals surface area contributed by atoms with Crippen LogP contribution in [0.5, 0.6) is 0 Å². The van der Waals surface area contributed by atoms with Crippen molar-refractivity contribution in [3.8, 4) is 0 Å². The second-order valence-electron chi connectivity index (χ2n) is 16.4. The standard InChI is InChI=1S/C50H88/c1-3-5-7-9-11-13-15-17-19-21-23-25-27-29-31-33-35-37-41-47-45-46-48-42-39-40-44-50(48)49(47)43-38-36-34-32-30-28-26-24-22-20-18-16-14-12-10-8-6-4-2/h39-40,42,44-46H,3-38,41,43H2,1-2H3. The molecule has 0 aliphatic rings. The summed E-state index contributed by atoms with van der Waals surface area (Å²) in [5.74, 6) is 0. The molecule has 0 aliphatic carbocycles. The molecular weight excluding hydrogens is 601 g/mol. The molecule has 2 aromatic carbocycles. The Kier molecular flexibility index (Phi) is 31.2. The van der Waals surface area contributed by atoms with E-state index in [1.807, 2.05) is 0 Å². The van der Waals surface area contributed by atoms with Gasteiger partial charge in [-0.3, -0.25) is 0 Å². The van der Waals surface area contributed by atoms with Crippen molar-refractivity contribution in [2.45, 2.75) is 258 Å². The molecule has 0 spiro atoms. The Hall–Kier alpha value is -1.30. The number of hydrogen-bond acceptors (Lipinski definition) is 0. The molecule has 0 aliphatic heterocycles. The van der Waals surface area contributed by atoms with Gasteiger partial charge in [-0.05, 0) is 47.6 Å². The molecule has 0 nitrogen and oxygen atoms in total. The van der Waals surface area contributed by atoms with Crippen molar-refractivity contribution in [3.63, 3.8) is 0 Å². The maximum absolute atomic E-state index is 2.47. The van der Waals surface area contributed by atoms with Crippen molar-refractivity contribution in [3.05, 3.63) is 47.5 Å². The molecule has 0 saturated carbocycles. The van der Waals surface area contributed by atoms with Gasteiger partial charge in [0.25, 0.3) is 0 Å². The zero-order chi connectivity index (χ0) is 35.4. The normalized spacial score (nSPS) is 11.6. The molecule has 0 N–H and O–H groups in total. The zero-order valence-corrected chi connectivity index (χ0v) is 34.3. The van der Waals surface area contributed by atoms with Gasteiger partial charge >= 0.3 is 0 Å². The van der Waals surface area contributed by atoms with Gasteiger partial charge in [0, 0.05) is 0 Å². The molecule has 0 bridgehead atoms. The number of aryl methyl sites for hydroxylation is 2. The van der Waals surface area contributed by atoms with Crippen LogP contribution >= 0.6 is 0 Å². The largest absolute Gasteiger partial charge is 0.0654 e. The highest BCUT2D eigenvalue weighted by molar-refractivity contribution is 5.86. The van der Waals surface area contributed by atoms with Gasteiger partial charge in [0.2, 0.25) is 0 Å². The molecule has 0 atom stereocenters. The van der Waals surface area contributed by atoms with Gasteiger partial charge in [0.1, 0.15) is 0 Å². The fourth-order valence-corrected chi connectivity index (χ4v) is 8.33. The van der Waals surface area contributed by atoms with E-state index in [0.717, 1.165) is 0 Å². The third kappa shape index (κ3) is 24.8. The van der Waals surface area contributed by atoms with E-state index in [9.17, 15) is 0 Å². The fraction of sp³-hybridized carbons (Fsp3) is 0.800. The minimum Gasteiger partial charge on any atom is -0.0654 e. The van der Waals surface area contributed by atoms with E-state index in [1.54, 1.807) is 11.1 Å². The molecule has 0 saturated heterocycles. The van der Waals surface area contributed by atoms with Crippen LogP contribution in [0.2, 0.25) is 0 Å². The van der Waals surface area contributed by atoms with Crippen LogP contribution in [0.15, 0.2) is 36.4 Å². The summed E-state index contributed by atoms with van der Waals surface area (Å²) < 4.78 is 0. The first-order valence-electron chi connectivity index (χ1n) is 23.4. The highest BCUT2D eigenvalue weighted by Crippen LogP contribution is 2.27. The predicted molar refractivity (Wildman–Crippen MR) is 229 cm³/mol. The number of benzene rings is 2. The van der Waals surface area contributed by atoms with Crippen LogP contribution in [-0.2, 0) is 12.8 Å². The lowest BCUT2D eigenvalue weighted by molar-refractivity contribution is 0.524. The molecule has 0 radical (unpaired) electrons. The molecule has 0 unspecified atom stereocenters. The summed E-state index contributed by atoms with van der Waals surface area (Å²) in [6, 6.07) is 14.0. The highest BCUT2D eigenvalue weighted by Gasteiger charge is 2.08. The molecule has 288 valence electrons. The Labute approximate surface area is 315 Å². The lowest BCUT2D eigenvalue weighted by atomic mass is 9.91. The van der Waals surface area contributed by atoms with Crippen molar-refractivity contribution in [2.75, 3.05) is 0 Å². The van der Waals surface area contributed by atoms with Gasteiger partial charge in [-0.25, -0.2) is 0 Å². The number of unbranched alkanes of at least 4 members (excludes halogenated alkanes) is 34. The van der Waals surface area contributed by atoms with Crippen LogP contribution in [0, 0.1) is 0 Å². The molecule has 2 aromatic rings. The Morgan fingerprint density at radius 3 is 0.940 bits per heavy atom. The molecule has 0 aromatic heterocycles. The smallest absolute Gasteiger partial charge is 0.0149 e. The van der Waals surface area contributed by atoms with Crippen LogP contribution in [0.4, 0.5) is 0 Å². The van der Waals surface area contributed by atoms with E-state index >= 15 is 0 Å². The summed E-state index contributed by atoms with van der Waals surface area (Å²) in [6.45, 7) is 4.62. The Bertz CT molecular complexity index is 971. The molecule has 0 amide bonds. The van der Waals surface area contributed by atoms with E-state index in [1.165, 1.54) is 255 Å². The number of hydrogen-bond donors (Lipinski definition) is 0. The summed E-state index contributed by atoms with van der Waals surface area (Å²) in [6.07, 6.45) is 54.7. The van der Waals surface area contributed by atoms with E-state index in [0.29, 0.717) is 0 Å². The average molecular weight is 689 g/mol. The molecule has 0 heterocycles. The number of rotatable bonds is 38. The first kappa shape index (κ1) is 44.9. The highest BCUT2D eigenvalue weighted by atomic mass is 14.1. The summed E-state index contributed by atoms with van der Waals surface area (Å²) in [7, 11) is 0. The van der Waals surface area contributed by atoms with Crippen molar-refractivity contribution in [1.82, 2.24) is 0 Å². The van der Waals surface area contributed by atoms with Crippen molar-refractivity contribution in [2.24, 2.45) is 0 Å². The Balaban J connectivity index is 1.46. The Morgan fingerprint density at radius 2 is 0.580 bits per heavy atom. The van der Waals surface area contributed by atoms with Gasteiger partial charge in [-0.15, -0.1) is 0 Å². The topological polar surface area (TPSA) is 0 Å². The van der Waals surface area contributed by atoms with Crippen molar-refractivity contribution in [1.29, 1.82) is 0 Å². The maximum Gasteiger partial charge on any atom is -0.0149 e. The summed E-state index contributed by atoms with van der Waals surface area (Å²) in [5.41, 5.74) is 3.32. The second-order valence-corrected chi connectivity index (χ2v) is 16.4. The third-order valence-corrected chi connectivity index (χ3v) is 11.7. The van der Waals surface area contributed by atoms with Crippen molar-refractivity contribution >= 4 is 10.8 Å². The first-order chi connectivity index (χ1) is 24.9. The van der Waals surface area contributed by atoms with Gasteiger partial charge in [0.15, 0.2) is 0 Å². The van der Waals surface area contributed by atoms with Crippen molar-refractivity contribution < 1.29 is 0 Å². The van der Waals surface area contributed by atoms with Crippen LogP contribution in [0.25, 0.3) is 10.8 Å². The lowest BCUT2D eigenvalue weighted by Gasteiger charge is -2.14. The zero-order valence-electron chi connectivity index (χ0n) is 34.3. The first-order valence-corrected chi connectivity index (χ1v) is 23.4. The second kappa shape index (κ2) is 34.8. The fourth-order valence-electron chi connectivity index (χ4n) is 8.33. The minimum atomic E-state index is 1.27. The predicted octanol–water partition coefficient (Wildman–Crippen LogP) is 18.0. The molecule has 2 rings (SSSR count). The minimum absolute atomic E-state index is 1.27. The van der Waals surface area contributed by atoms with Gasteiger partial charge in [0.05, 0.1) is 0 Å². The summed E-state index contributed by atoms with van der Waals surface area (Å²) in [4.78, 5) is 0. The van der Waals surface area contributed by atoms with Gasteiger partial charge < -0.3 is 0 Å². The summed E-state index contributed by atoms with van der Waals surface area (Å²) in [5, 5.41) is 2.96. The lowest BCUT2D eigenvalue weighted by Crippen LogP contribution is -1.97. The van der Waals surface area contributed by atoms with Crippen LogP contribution < -0.4 is 0 Å². The third-order valence-electron chi connectivity index (χ3n) is 11.7. The molecule has 50 heavy (non-hydrogen) atoms. The molecule has 0 fully saturated rings. The molecular formula is C50H88. The van der Waals surface area contributed by atoms with Gasteiger partial charge in [-0.2, -0.15) is 0 Å². The van der Waals surface area contributed by atoms with E-state index in [4.69, 9.17) is 0 Å².